The Labute approximate surface area is 139 Å². The molecule has 0 atom stereocenters. The summed E-state index contributed by atoms with van der Waals surface area (Å²) in [4.78, 5) is 24.8. The van der Waals surface area contributed by atoms with Crippen molar-refractivity contribution in [2.24, 2.45) is 0 Å². The van der Waals surface area contributed by atoms with Gasteiger partial charge in [0.05, 0.1) is 12.1 Å². The average Bonchev–Trinajstić information content (AvgIpc) is 2.82. The third-order valence-electron chi connectivity index (χ3n) is 3.90. The molecular weight excluding hydrogens is 310 g/mol. The van der Waals surface area contributed by atoms with Crippen molar-refractivity contribution in [2.75, 3.05) is 5.32 Å². The number of rotatable bonds is 5. The van der Waals surface area contributed by atoms with Crippen LogP contribution in [0.5, 0.6) is 0 Å². The molecular formula is C16H21N5OS. The Morgan fingerprint density at radius 3 is 2.65 bits per heavy atom. The smallest absolute Gasteiger partial charge is 0.228 e. The van der Waals surface area contributed by atoms with Gasteiger partial charge in [-0.05, 0) is 18.9 Å². The maximum atomic E-state index is 12.2. The Morgan fingerprint density at radius 1 is 1.17 bits per heavy atom. The molecule has 1 aliphatic carbocycles. The predicted octanol–water partition coefficient (Wildman–Crippen LogP) is 3.06. The normalized spacial score (nSPS) is 15.8. The number of aromatic nitrogens is 3. The first kappa shape index (κ1) is 15.9. The lowest BCUT2D eigenvalue weighted by molar-refractivity contribution is -0.121. The second kappa shape index (κ2) is 8.01. The van der Waals surface area contributed by atoms with E-state index >= 15 is 0 Å². The average molecular weight is 331 g/mol. The van der Waals surface area contributed by atoms with E-state index in [4.69, 9.17) is 0 Å². The summed E-state index contributed by atoms with van der Waals surface area (Å²) in [6, 6.07) is 2.09. The number of hydrogen-bond acceptors (Lipinski definition) is 6. The maximum absolute atomic E-state index is 12.2. The molecule has 0 aromatic carbocycles. The van der Waals surface area contributed by atoms with Gasteiger partial charge in [0, 0.05) is 23.8 Å². The molecule has 1 fully saturated rings. The van der Waals surface area contributed by atoms with E-state index in [0.29, 0.717) is 23.5 Å². The fourth-order valence-electron chi connectivity index (χ4n) is 2.77. The van der Waals surface area contributed by atoms with Gasteiger partial charge in [0.1, 0.15) is 0 Å². The summed E-state index contributed by atoms with van der Waals surface area (Å²) >= 11 is 1.45. The first-order valence-electron chi connectivity index (χ1n) is 8.07. The molecule has 0 spiro atoms. The number of anilines is 2. The Balaban J connectivity index is 1.51. The summed E-state index contributed by atoms with van der Waals surface area (Å²) in [5, 5.41) is 8.79. The molecule has 122 valence electrons. The van der Waals surface area contributed by atoms with E-state index in [-0.39, 0.29) is 5.91 Å². The van der Waals surface area contributed by atoms with Crippen LogP contribution in [0.25, 0.3) is 0 Å². The Morgan fingerprint density at radius 2 is 1.91 bits per heavy atom. The van der Waals surface area contributed by atoms with Crippen molar-refractivity contribution in [3.05, 3.63) is 29.5 Å². The minimum absolute atomic E-state index is 0.0599. The van der Waals surface area contributed by atoms with Crippen molar-refractivity contribution in [1.82, 2.24) is 20.3 Å². The quantitative estimate of drug-likeness (QED) is 0.823. The van der Waals surface area contributed by atoms with E-state index in [2.05, 4.69) is 25.6 Å². The molecule has 7 heteroatoms. The molecule has 3 rings (SSSR count). The SMILES string of the molecule is O=C(Cc1csc(Nc2ncccn2)n1)NC1CCCCCC1. The highest BCUT2D eigenvalue weighted by atomic mass is 32.1. The zero-order valence-corrected chi connectivity index (χ0v) is 13.8. The Hall–Kier alpha value is -2.02. The first-order valence-corrected chi connectivity index (χ1v) is 8.95. The van der Waals surface area contributed by atoms with Gasteiger partial charge in [-0.3, -0.25) is 4.79 Å². The number of hydrogen-bond donors (Lipinski definition) is 2. The van der Waals surface area contributed by atoms with Crippen LogP contribution in [0.4, 0.5) is 11.1 Å². The third kappa shape index (κ3) is 4.99. The lowest BCUT2D eigenvalue weighted by Gasteiger charge is -2.15. The van der Waals surface area contributed by atoms with Crippen LogP contribution < -0.4 is 10.6 Å². The van der Waals surface area contributed by atoms with Crippen LogP contribution in [0, 0.1) is 0 Å². The van der Waals surface area contributed by atoms with Crippen molar-refractivity contribution in [2.45, 2.75) is 51.0 Å². The van der Waals surface area contributed by atoms with E-state index in [1.54, 1.807) is 18.5 Å². The molecule has 0 unspecified atom stereocenters. The van der Waals surface area contributed by atoms with Crippen LogP contribution in [0.3, 0.4) is 0 Å². The molecule has 2 aromatic rings. The molecule has 0 bridgehead atoms. The lowest BCUT2D eigenvalue weighted by atomic mass is 10.1. The number of carbonyl (C=O) groups excluding carboxylic acids is 1. The number of carbonyl (C=O) groups is 1. The fraction of sp³-hybridized carbons (Fsp3) is 0.500. The molecule has 2 aromatic heterocycles. The van der Waals surface area contributed by atoms with E-state index in [1.165, 1.54) is 37.0 Å². The molecule has 0 radical (unpaired) electrons. The van der Waals surface area contributed by atoms with E-state index < -0.39 is 0 Å². The standard InChI is InChI=1S/C16H21N5OS/c22-14(19-12-6-3-1-2-4-7-12)10-13-11-23-16(20-13)21-15-17-8-5-9-18-15/h5,8-9,11-12H,1-4,6-7,10H2,(H,19,22)(H,17,18,20,21). The summed E-state index contributed by atoms with van der Waals surface area (Å²) < 4.78 is 0. The Bertz CT molecular complexity index is 622. The highest BCUT2D eigenvalue weighted by Gasteiger charge is 2.15. The van der Waals surface area contributed by atoms with Gasteiger partial charge in [0.2, 0.25) is 11.9 Å². The first-order chi connectivity index (χ1) is 11.3. The van der Waals surface area contributed by atoms with Gasteiger partial charge >= 0.3 is 0 Å². The zero-order valence-electron chi connectivity index (χ0n) is 13.0. The topological polar surface area (TPSA) is 79.8 Å². The van der Waals surface area contributed by atoms with E-state index in [1.807, 2.05) is 5.38 Å². The highest BCUT2D eigenvalue weighted by Crippen LogP contribution is 2.20. The summed E-state index contributed by atoms with van der Waals surface area (Å²) in [7, 11) is 0. The third-order valence-corrected chi connectivity index (χ3v) is 4.70. The summed E-state index contributed by atoms with van der Waals surface area (Å²) in [6.45, 7) is 0. The zero-order chi connectivity index (χ0) is 15.9. The van der Waals surface area contributed by atoms with Crippen LogP contribution in [0.2, 0.25) is 0 Å². The summed E-state index contributed by atoms with van der Waals surface area (Å²) in [5.41, 5.74) is 0.777. The second-order valence-corrected chi connectivity index (χ2v) is 6.63. The van der Waals surface area contributed by atoms with Crippen molar-refractivity contribution in [3.8, 4) is 0 Å². The largest absolute Gasteiger partial charge is 0.353 e. The molecule has 6 nitrogen and oxygen atoms in total. The van der Waals surface area contributed by atoms with Crippen molar-refractivity contribution >= 4 is 28.3 Å². The summed E-state index contributed by atoms with van der Waals surface area (Å²) in [5.74, 6) is 0.570. The van der Waals surface area contributed by atoms with E-state index in [0.717, 1.165) is 18.5 Å². The van der Waals surface area contributed by atoms with Gasteiger partial charge in [-0.15, -0.1) is 11.3 Å². The maximum Gasteiger partial charge on any atom is 0.228 e. The molecule has 1 amide bonds. The van der Waals surface area contributed by atoms with E-state index in [9.17, 15) is 4.79 Å². The number of nitrogens with zero attached hydrogens (tertiary/aromatic N) is 3. The number of thiazole rings is 1. The van der Waals surface area contributed by atoms with Crippen molar-refractivity contribution in [1.29, 1.82) is 0 Å². The summed E-state index contributed by atoms with van der Waals surface area (Å²) in [6.07, 6.45) is 10.9. The number of nitrogens with one attached hydrogen (secondary N) is 2. The molecule has 1 saturated carbocycles. The Kier molecular flexibility index (Phi) is 5.52. The van der Waals surface area contributed by atoms with Crippen molar-refractivity contribution < 1.29 is 4.79 Å². The second-order valence-electron chi connectivity index (χ2n) is 5.77. The monoisotopic (exact) mass is 331 g/mol. The molecule has 0 aliphatic heterocycles. The van der Waals surface area contributed by atoms with Gasteiger partial charge in [-0.25, -0.2) is 15.0 Å². The fourth-order valence-corrected chi connectivity index (χ4v) is 3.48. The van der Waals surface area contributed by atoms with Crippen LogP contribution in [-0.2, 0) is 11.2 Å². The molecule has 2 N–H and O–H groups in total. The predicted molar refractivity (Wildman–Crippen MR) is 90.8 cm³/mol. The van der Waals surface area contributed by atoms with Gasteiger partial charge in [-0.2, -0.15) is 0 Å². The van der Waals surface area contributed by atoms with Crippen LogP contribution in [-0.4, -0.2) is 26.9 Å². The van der Waals surface area contributed by atoms with Gasteiger partial charge < -0.3 is 10.6 Å². The molecule has 2 heterocycles. The minimum Gasteiger partial charge on any atom is -0.353 e. The van der Waals surface area contributed by atoms with Crippen LogP contribution >= 0.6 is 11.3 Å². The van der Waals surface area contributed by atoms with Crippen LogP contribution in [0.1, 0.15) is 44.2 Å². The van der Waals surface area contributed by atoms with Crippen molar-refractivity contribution in [3.63, 3.8) is 0 Å². The highest BCUT2D eigenvalue weighted by molar-refractivity contribution is 7.13. The minimum atomic E-state index is 0.0599. The number of amides is 1. The van der Waals surface area contributed by atoms with Gasteiger partial charge in [0.15, 0.2) is 5.13 Å². The lowest BCUT2D eigenvalue weighted by Crippen LogP contribution is -2.35. The van der Waals surface area contributed by atoms with Crippen LogP contribution in [0.15, 0.2) is 23.8 Å². The van der Waals surface area contributed by atoms with Gasteiger partial charge in [-0.1, -0.05) is 25.7 Å². The molecule has 0 saturated heterocycles. The molecule has 23 heavy (non-hydrogen) atoms. The molecule has 1 aliphatic rings. The van der Waals surface area contributed by atoms with Gasteiger partial charge in [0.25, 0.3) is 0 Å².